The number of anilines is 1. The predicted octanol–water partition coefficient (Wildman–Crippen LogP) is 7.46. The van der Waals surface area contributed by atoms with Crippen molar-refractivity contribution < 1.29 is 4.74 Å². The van der Waals surface area contributed by atoms with Crippen LogP contribution in [0.1, 0.15) is 34.6 Å². The summed E-state index contributed by atoms with van der Waals surface area (Å²) in [5, 5.41) is 4.22. The molecule has 3 aromatic carbocycles. The number of hydrogen-bond donors (Lipinski definition) is 1. The molecule has 0 bridgehead atoms. The first-order valence-corrected chi connectivity index (χ1v) is 13.1. The van der Waals surface area contributed by atoms with Gasteiger partial charge in [0.25, 0.3) is 0 Å². The van der Waals surface area contributed by atoms with E-state index >= 15 is 0 Å². The molecular formula is C32H28N4OS. The normalized spacial score (nSPS) is 16.9. The maximum Gasteiger partial charge on any atom is 0.174 e. The molecule has 2 atom stereocenters. The maximum atomic E-state index is 6.08. The van der Waals surface area contributed by atoms with Gasteiger partial charge in [-0.2, -0.15) is 0 Å². The topological polar surface area (TPSA) is 42.3 Å². The van der Waals surface area contributed by atoms with Gasteiger partial charge in [-0.05, 0) is 98.4 Å². The van der Waals surface area contributed by atoms with Crippen LogP contribution in [0.4, 0.5) is 5.69 Å². The zero-order chi connectivity index (χ0) is 26.1. The molecule has 6 heteroatoms. The lowest BCUT2D eigenvalue weighted by Gasteiger charge is -2.29. The minimum atomic E-state index is -0.121. The third kappa shape index (κ3) is 4.55. The van der Waals surface area contributed by atoms with Gasteiger partial charge in [-0.1, -0.05) is 42.0 Å². The molecule has 5 aromatic rings. The summed E-state index contributed by atoms with van der Waals surface area (Å²) in [5.41, 5.74) is 6.61. The summed E-state index contributed by atoms with van der Waals surface area (Å²) in [4.78, 5) is 6.88. The molecule has 3 heterocycles. The molecule has 1 fully saturated rings. The van der Waals surface area contributed by atoms with Gasteiger partial charge in [-0.15, -0.1) is 0 Å². The second-order valence-electron chi connectivity index (χ2n) is 9.50. The van der Waals surface area contributed by atoms with Gasteiger partial charge >= 0.3 is 0 Å². The van der Waals surface area contributed by atoms with E-state index in [0.717, 1.165) is 34.3 Å². The van der Waals surface area contributed by atoms with E-state index in [0.29, 0.717) is 5.11 Å². The Morgan fingerprint density at radius 2 is 1.50 bits per heavy atom. The number of benzene rings is 3. The quantitative estimate of drug-likeness (QED) is 0.237. The van der Waals surface area contributed by atoms with E-state index in [-0.39, 0.29) is 12.1 Å². The Bertz CT molecular complexity index is 1560. The van der Waals surface area contributed by atoms with E-state index < -0.39 is 0 Å². The van der Waals surface area contributed by atoms with Crippen LogP contribution in [0.3, 0.4) is 0 Å². The number of nitrogens with one attached hydrogen (secondary N) is 1. The standard InChI is InChI=1S/C32H28N4OS/c1-22-12-16-25(17-13-22)37-26-18-14-24(15-19-26)36-31(30(34-32(36)38)27-9-5-6-20-33-27)29-11-7-21-35(29)28-10-4-3-8-23(28)2/h3-21,30-31H,1-2H3,(H,34,38)/t30-,31+/m1/s1. The molecule has 0 unspecified atom stereocenters. The van der Waals surface area contributed by atoms with Gasteiger partial charge in [0.2, 0.25) is 0 Å². The summed E-state index contributed by atoms with van der Waals surface area (Å²) >= 11 is 5.93. The Morgan fingerprint density at radius 1 is 0.789 bits per heavy atom. The lowest BCUT2D eigenvalue weighted by atomic mass is 10.0. The molecule has 0 spiro atoms. The van der Waals surface area contributed by atoms with Crippen LogP contribution in [0.5, 0.6) is 11.5 Å². The smallest absolute Gasteiger partial charge is 0.174 e. The fourth-order valence-corrected chi connectivity index (χ4v) is 5.38. The van der Waals surface area contributed by atoms with Gasteiger partial charge in [0.1, 0.15) is 17.5 Å². The fraction of sp³-hybridized carbons (Fsp3) is 0.125. The van der Waals surface area contributed by atoms with Gasteiger partial charge in [-0.25, -0.2) is 0 Å². The number of aromatic nitrogens is 2. The van der Waals surface area contributed by atoms with Crippen LogP contribution in [-0.2, 0) is 0 Å². The lowest BCUT2D eigenvalue weighted by Crippen LogP contribution is -2.30. The van der Waals surface area contributed by atoms with Crippen molar-refractivity contribution in [3.63, 3.8) is 0 Å². The second kappa shape index (κ2) is 10.1. The SMILES string of the molecule is Cc1ccc(Oc2ccc(N3C(=S)N[C@H](c4ccccn4)[C@@H]3c3cccn3-c3ccccc3C)cc2)cc1. The number of para-hydroxylation sites is 1. The Kier molecular flexibility index (Phi) is 6.40. The van der Waals surface area contributed by atoms with E-state index in [1.165, 1.54) is 11.1 Å². The maximum absolute atomic E-state index is 6.08. The average molecular weight is 517 g/mol. The van der Waals surface area contributed by atoms with Crippen LogP contribution in [0.2, 0.25) is 0 Å². The Morgan fingerprint density at radius 3 is 2.21 bits per heavy atom. The minimum Gasteiger partial charge on any atom is -0.457 e. The zero-order valence-electron chi connectivity index (χ0n) is 21.3. The third-order valence-electron chi connectivity index (χ3n) is 6.93. The first-order chi connectivity index (χ1) is 18.6. The van der Waals surface area contributed by atoms with Crippen LogP contribution < -0.4 is 15.0 Å². The summed E-state index contributed by atoms with van der Waals surface area (Å²) in [6, 6.07) is 34.6. The number of ether oxygens (including phenoxy) is 1. The molecule has 38 heavy (non-hydrogen) atoms. The summed E-state index contributed by atoms with van der Waals surface area (Å²) in [6.07, 6.45) is 3.95. The van der Waals surface area contributed by atoms with Crippen molar-refractivity contribution in [2.75, 3.05) is 4.90 Å². The highest BCUT2D eigenvalue weighted by atomic mass is 32.1. The number of aryl methyl sites for hydroxylation is 2. The molecule has 0 amide bonds. The molecule has 188 valence electrons. The van der Waals surface area contributed by atoms with Gasteiger partial charge in [0.05, 0.1) is 11.7 Å². The largest absolute Gasteiger partial charge is 0.457 e. The van der Waals surface area contributed by atoms with E-state index in [1.54, 1.807) is 0 Å². The van der Waals surface area contributed by atoms with Gasteiger partial charge < -0.3 is 19.5 Å². The van der Waals surface area contributed by atoms with Crippen LogP contribution in [0.15, 0.2) is 116 Å². The van der Waals surface area contributed by atoms with Crippen molar-refractivity contribution in [1.82, 2.24) is 14.9 Å². The zero-order valence-corrected chi connectivity index (χ0v) is 22.1. The van der Waals surface area contributed by atoms with E-state index in [4.69, 9.17) is 21.9 Å². The molecule has 0 radical (unpaired) electrons. The minimum absolute atomic E-state index is 0.115. The highest BCUT2D eigenvalue weighted by Crippen LogP contribution is 2.42. The highest BCUT2D eigenvalue weighted by Gasteiger charge is 2.42. The molecular weight excluding hydrogens is 488 g/mol. The average Bonchev–Trinajstić information content (AvgIpc) is 3.55. The Balaban J connectivity index is 1.40. The summed E-state index contributed by atoms with van der Waals surface area (Å²) < 4.78 is 8.33. The monoisotopic (exact) mass is 516 g/mol. The number of rotatable bonds is 6. The van der Waals surface area contributed by atoms with Gasteiger partial charge in [0.15, 0.2) is 5.11 Å². The molecule has 1 aliphatic heterocycles. The second-order valence-corrected chi connectivity index (χ2v) is 9.88. The van der Waals surface area contributed by atoms with Crippen LogP contribution in [0.25, 0.3) is 5.69 Å². The predicted molar refractivity (Wildman–Crippen MR) is 156 cm³/mol. The van der Waals surface area contributed by atoms with E-state index in [1.807, 2.05) is 54.7 Å². The van der Waals surface area contributed by atoms with Crippen molar-refractivity contribution in [3.05, 3.63) is 138 Å². The van der Waals surface area contributed by atoms with Gasteiger partial charge in [-0.3, -0.25) is 4.98 Å². The highest BCUT2D eigenvalue weighted by molar-refractivity contribution is 7.80. The molecule has 1 aliphatic rings. The number of hydrogen-bond acceptors (Lipinski definition) is 3. The van der Waals surface area contributed by atoms with Crippen molar-refractivity contribution in [2.24, 2.45) is 0 Å². The summed E-state index contributed by atoms with van der Waals surface area (Å²) in [6.45, 7) is 4.20. The van der Waals surface area contributed by atoms with E-state index in [9.17, 15) is 0 Å². The van der Waals surface area contributed by atoms with Crippen molar-refractivity contribution >= 4 is 23.0 Å². The van der Waals surface area contributed by atoms with Crippen molar-refractivity contribution in [3.8, 4) is 17.2 Å². The molecule has 5 nitrogen and oxygen atoms in total. The Hall–Kier alpha value is -4.42. The number of thiocarbonyl (C=S) groups is 1. The fourth-order valence-electron chi connectivity index (χ4n) is 5.04. The van der Waals surface area contributed by atoms with E-state index in [2.05, 4.69) is 89.4 Å². The molecule has 1 N–H and O–H groups in total. The van der Waals surface area contributed by atoms with Crippen molar-refractivity contribution in [1.29, 1.82) is 0 Å². The molecule has 2 aromatic heterocycles. The van der Waals surface area contributed by atoms with Crippen LogP contribution in [0, 0.1) is 13.8 Å². The van der Waals surface area contributed by atoms with Crippen LogP contribution in [-0.4, -0.2) is 14.7 Å². The number of pyridine rings is 1. The summed E-state index contributed by atoms with van der Waals surface area (Å²) in [7, 11) is 0. The third-order valence-corrected chi connectivity index (χ3v) is 7.24. The first-order valence-electron chi connectivity index (χ1n) is 12.7. The van der Waals surface area contributed by atoms with Crippen molar-refractivity contribution in [2.45, 2.75) is 25.9 Å². The van der Waals surface area contributed by atoms with Crippen LogP contribution >= 0.6 is 12.2 Å². The molecule has 0 saturated carbocycles. The molecule has 0 aliphatic carbocycles. The van der Waals surface area contributed by atoms with Gasteiger partial charge in [0, 0.05) is 29.5 Å². The number of nitrogens with zero attached hydrogens (tertiary/aromatic N) is 3. The molecule has 6 rings (SSSR count). The lowest BCUT2D eigenvalue weighted by molar-refractivity contribution is 0.482. The molecule has 1 saturated heterocycles. The summed E-state index contributed by atoms with van der Waals surface area (Å²) in [5.74, 6) is 1.59. The Labute approximate surface area is 228 Å². The first kappa shape index (κ1) is 23.9.